The van der Waals surface area contributed by atoms with Crippen LogP contribution in [-0.2, 0) is 10.2 Å². The van der Waals surface area contributed by atoms with Crippen molar-refractivity contribution in [2.45, 2.75) is 56.3 Å². The third-order valence-electron chi connectivity index (χ3n) is 5.69. The van der Waals surface area contributed by atoms with Crippen molar-refractivity contribution in [2.75, 3.05) is 26.9 Å². The fourth-order valence-electron chi connectivity index (χ4n) is 4.24. The molecule has 1 aliphatic heterocycles. The van der Waals surface area contributed by atoms with Gasteiger partial charge in [-0.1, -0.05) is 31.4 Å². The molecule has 1 aromatic rings. The van der Waals surface area contributed by atoms with Crippen LogP contribution in [0.2, 0.25) is 0 Å². The van der Waals surface area contributed by atoms with Crippen LogP contribution in [0.1, 0.15) is 62.0 Å². The zero-order chi connectivity index (χ0) is 15.4. The van der Waals surface area contributed by atoms with Crippen molar-refractivity contribution < 1.29 is 9.47 Å². The van der Waals surface area contributed by atoms with Crippen molar-refractivity contribution in [3.05, 3.63) is 29.3 Å². The van der Waals surface area contributed by atoms with Crippen LogP contribution in [0.25, 0.3) is 0 Å². The Morgan fingerprint density at radius 2 is 1.91 bits per heavy atom. The van der Waals surface area contributed by atoms with Gasteiger partial charge in [0, 0.05) is 30.7 Å². The second-order valence-electron chi connectivity index (χ2n) is 6.89. The summed E-state index contributed by atoms with van der Waals surface area (Å²) in [7, 11) is 1.78. The van der Waals surface area contributed by atoms with Gasteiger partial charge >= 0.3 is 0 Å². The quantitative estimate of drug-likeness (QED) is 0.921. The van der Waals surface area contributed by atoms with E-state index in [-0.39, 0.29) is 5.41 Å². The molecule has 1 saturated heterocycles. The van der Waals surface area contributed by atoms with Gasteiger partial charge in [-0.2, -0.15) is 0 Å². The highest BCUT2D eigenvalue weighted by Crippen LogP contribution is 2.44. The maximum Gasteiger partial charge on any atom is 0.122 e. The molecule has 2 fully saturated rings. The summed E-state index contributed by atoms with van der Waals surface area (Å²) in [6.45, 7) is 2.49. The Kier molecular flexibility index (Phi) is 5.04. The van der Waals surface area contributed by atoms with Gasteiger partial charge in [0.25, 0.3) is 0 Å². The summed E-state index contributed by atoms with van der Waals surface area (Å²) < 4.78 is 11.2. The van der Waals surface area contributed by atoms with Crippen LogP contribution in [0, 0.1) is 0 Å². The molecule has 1 aromatic carbocycles. The first kappa shape index (κ1) is 15.8. The van der Waals surface area contributed by atoms with E-state index < -0.39 is 0 Å². The van der Waals surface area contributed by atoms with Crippen LogP contribution in [0.5, 0.6) is 5.75 Å². The van der Waals surface area contributed by atoms with Crippen LogP contribution in [0.3, 0.4) is 0 Å². The van der Waals surface area contributed by atoms with Gasteiger partial charge in [-0.25, -0.2) is 0 Å². The number of ether oxygens (including phenoxy) is 2. The molecule has 122 valence electrons. The number of rotatable bonds is 4. The topological polar surface area (TPSA) is 44.5 Å². The molecular formula is C19H29NO2. The van der Waals surface area contributed by atoms with E-state index >= 15 is 0 Å². The second kappa shape index (κ2) is 7.01. The average molecular weight is 303 g/mol. The lowest BCUT2D eigenvalue weighted by Gasteiger charge is -2.38. The summed E-state index contributed by atoms with van der Waals surface area (Å²) >= 11 is 0. The highest BCUT2D eigenvalue weighted by molar-refractivity contribution is 5.44. The number of benzene rings is 1. The van der Waals surface area contributed by atoms with Crippen LogP contribution in [0.4, 0.5) is 0 Å². The van der Waals surface area contributed by atoms with E-state index in [1.807, 2.05) is 0 Å². The van der Waals surface area contributed by atoms with E-state index in [1.165, 1.54) is 43.2 Å². The lowest BCUT2D eigenvalue weighted by atomic mass is 9.68. The monoisotopic (exact) mass is 303 g/mol. The molecule has 0 spiro atoms. The van der Waals surface area contributed by atoms with Gasteiger partial charge in [0.15, 0.2) is 0 Å². The van der Waals surface area contributed by atoms with Crippen molar-refractivity contribution in [1.29, 1.82) is 0 Å². The summed E-state index contributed by atoms with van der Waals surface area (Å²) in [6.07, 6.45) is 8.53. The van der Waals surface area contributed by atoms with Crippen LogP contribution in [-0.4, -0.2) is 26.9 Å². The van der Waals surface area contributed by atoms with E-state index in [0.717, 1.165) is 38.3 Å². The van der Waals surface area contributed by atoms with Crippen LogP contribution < -0.4 is 10.5 Å². The van der Waals surface area contributed by atoms with E-state index in [0.29, 0.717) is 5.92 Å². The predicted octanol–water partition coefficient (Wildman–Crippen LogP) is 3.75. The van der Waals surface area contributed by atoms with Crippen LogP contribution >= 0.6 is 0 Å². The minimum atomic E-state index is 0.116. The Balaban J connectivity index is 1.96. The Labute approximate surface area is 134 Å². The summed E-state index contributed by atoms with van der Waals surface area (Å²) in [6, 6.07) is 6.80. The fourth-order valence-corrected chi connectivity index (χ4v) is 4.24. The molecule has 3 nitrogen and oxygen atoms in total. The van der Waals surface area contributed by atoms with E-state index in [1.54, 1.807) is 7.11 Å². The standard InChI is InChI=1S/C19H29NO2/c1-21-18-6-5-16(15-7-11-22-12-8-15)13-17(18)19(14-20)9-3-2-4-10-19/h5-6,13,15H,2-4,7-12,14,20H2,1H3. The second-order valence-corrected chi connectivity index (χ2v) is 6.89. The van der Waals surface area contributed by atoms with Gasteiger partial charge < -0.3 is 15.2 Å². The van der Waals surface area contributed by atoms with E-state index in [4.69, 9.17) is 15.2 Å². The molecule has 1 saturated carbocycles. The number of methoxy groups -OCH3 is 1. The third kappa shape index (κ3) is 3.02. The Bertz CT molecular complexity index is 488. The van der Waals surface area contributed by atoms with Crippen molar-refractivity contribution in [3.8, 4) is 5.75 Å². The maximum absolute atomic E-state index is 6.25. The van der Waals surface area contributed by atoms with Gasteiger partial charge in [-0.05, 0) is 43.2 Å². The molecule has 0 bridgehead atoms. The van der Waals surface area contributed by atoms with Gasteiger partial charge in [0.05, 0.1) is 7.11 Å². The number of hydrogen-bond donors (Lipinski definition) is 1. The smallest absolute Gasteiger partial charge is 0.122 e. The zero-order valence-electron chi connectivity index (χ0n) is 13.8. The fraction of sp³-hybridized carbons (Fsp3) is 0.684. The molecule has 0 atom stereocenters. The normalized spacial score (nSPS) is 22.5. The molecule has 2 N–H and O–H groups in total. The zero-order valence-corrected chi connectivity index (χ0v) is 13.8. The summed E-state index contributed by atoms with van der Waals surface area (Å²) in [5, 5.41) is 0. The van der Waals surface area contributed by atoms with Crippen molar-refractivity contribution in [2.24, 2.45) is 5.73 Å². The lowest BCUT2D eigenvalue weighted by Crippen LogP contribution is -2.37. The number of hydrogen-bond acceptors (Lipinski definition) is 3. The molecule has 0 amide bonds. The number of nitrogens with two attached hydrogens (primary N) is 1. The molecule has 0 aromatic heterocycles. The molecule has 0 radical (unpaired) electrons. The summed E-state index contributed by atoms with van der Waals surface area (Å²) in [5.74, 6) is 1.64. The highest BCUT2D eigenvalue weighted by atomic mass is 16.5. The van der Waals surface area contributed by atoms with E-state index in [9.17, 15) is 0 Å². The lowest BCUT2D eigenvalue weighted by molar-refractivity contribution is 0.0853. The predicted molar refractivity (Wildman–Crippen MR) is 89.6 cm³/mol. The Morgan fingerprint density at radius 1 is 1.18 bits per heavy atom. The SMILES string of the molecule is COc1ccc(C2CCOCC2)cc1C1(CN)CCCCC1. The average Bonchev–Trinajstić information content (AvgIpc) is 2.62. The van der Waals surface area contributed by atoms with Gasteiger partial charge in [0.2, 0.25) is 0 Å². The first-order valence-corrected chi connectivity index (χ1v) is 8.75. The molecule has 2 aliphatic rings. The Hall–Kier alpha value is -1.06. The summed E-state index contributed by atoms with van der Waals surface area (Å²) in [5.41, 5.74) is 9.15. The largest absolute Gasteiger partial charge is 0.496 e. The van der Waals surface area contributed by atoms with Crippen molar-refractivity contribution in [1.82, 2.24) is 0 Å². The molecule has 3 rings (SSSR count). The van der Waals surface area contributed by atoms with Gasteiger partial charge in [-0.3, -0.25) is 0 Å². The van der Waals surface area contributed by atoms with Crippen molar-refractivity contribution >= 4 is 0 Å². The van der Waals surface area contributed by atoms with Crippen molar-refractivity contribution in [3.63, 3.8) is 0 Å². The maximum atomic E-state index is 6.25. The van der Waals surface area contributed by atoms with E-state index in [2.05, 4.69) is 18.2 Å². The third-order valence-corrected chi connectivity index (χ3v) is 5.69. The van der Waals surface area contributed by atoms with Gasteiger partial charge in [-0.15, -0.1) is 0 Å². The molecule has 0 unspecified atom stereocenters. The molecular weight excluding hydrogens is 274 g/mol. The van der Waals surface area contributed by atoms with Gasteiger partial charge in [0.1, 0.15) is 5.75 Å². The molecule has 3 heteroatoms. The first-order chi connectivity index (χ1) is 10.8. The molecule has 22 heavy (non-hydrogen) atoms. The first-order valence-electron chi connectivity index (χ1n) is 8.75. The molecule has 1 heterocycles. The van der Waals surface area contributed by atoms with Crippen LogP contribution in [0.15, 0.2) is 18.2 Å². The Morgan fingerprint density at radius 3 is 2.55 bits per heavy atom. The summed E-state index contributed by atoms with van der Waals surface area (Å²) in [4.78, 5) is 0. The molecule has 1 aliphatic carbocycles. The highest BCUT2D eigenvalue weighted by Gasteiger charge is 2.35. The minimum Gasteiger partial charge on any atom is -0.496 e. The minimum absolute atomic E-state index is 0.116.